The fourth-order valence-corrected chi connectivity index (χ4v) is 1.61. The zero-order chi connectivity index (χ0) is 9.84. The number of aliphatic hydroxyl groups excluding tert-OH is 1. The van der Waals surface area contributed by atoms with Gasteiger partial charge in [-0.05, 0) is 25.8 Å². The summed E-state index contributed by atoms with van der Waals surface area (Å²) in [6.07, 6.45) is 0.258. The summed E-state index contributed by atoms with van der Waals surface area (Å²) in [5.74, 6) is 0. The molecule has 72 valence electrons. The van der Waals surface area contributed by atoms with Crippen LogP contribution in [0.3, 0.4) is 0 Å². The number of rotatable bonds is 3. The number of aliphatic hydroxyl groups is 1. The molecule has 1 nitrogen and oxygen atoms in total. The lowest BCUT2D eigenvalue weighted by Gasteiger charge is -2.11. The van der Waals surface area contributed by atoms with E-state index in [1.165, 1.54) is 5.56 Å². The van der Waals surface area contributed by atoms with E-state index in [0.717, 1.165) is 5.56 Å². The maximum Gasteiger partial charge on any atom is 0.0609 e. The van der Waals surface area contributed by atoms with Gasteiger partial charge < -0.3 is 5.11 Å². The molecule has 0 aliphatic rings. The van der Waals surface area contributed by atoms with Crippen molar-refractivity contribution in [1.82, 2.24) is 0 Å². The zero-order valence-corrected chi connectivity index (χ0v) is 8.75. The van der Waals surface area contributed by atoms with E-state index in [1.54, 1.807) is 6.92 Å². The number of alkyl halides is 1. The maximum absolute atomic E-state index is 9.15. The Labute approximate surface area is 84.4 Å². The Morgan fingerprint density at radius 1 is 1.31 bits per heavy atom. The van der Waals surface area contributed by atoms with E-state index < -0.39 is 0 Å². The number of hydrogen-bond donors (Lipinski definition) is 1. The van der Waals surface area contributed by atoms with Crippen LogP contribution in [-0.2, 0) is 0 Å². The molecule has 0 radical (unpaired) electrons. The van der Waals surface area contributed by atoms with Gasteiger partial charge in [0.2, 0.25) is 0 Å². The van der Waals surface area contributed by atoms with E-state index in [-0.39, 0.29) is 11.5 Å². The van der Waals surface area contributed by atoms with Gasteiger partial charge in [0.15, 0.2) is 0 Å². The number of hydrogen-bond acceptors (Lipinski definition) is 1. The zero-order valence-electron chi connectivity index (χ0n) is 8.00. The Kier molecular flexibility index (Phi) is 3.76. The first-order chi connectivity index (χ1) is 6.09. The molecular formula is C11H15ClO. The summed E-state index contributed by atoms with van der Waals surface area (Å²) in [5.41, 5.74) is 2.30. The molecule has 0 aromatic heterocycles. The molecule has 0 heterocycles. The van der Waals surface area contributed by atoms with Gasteiger partial charge in [-0.1, -0.05) is 29.8 Å². The summed E-state index contributed by atoms with van der Waals surface area (Å²) in [5, 5.41) is 9.07. The van der Waals surface area contributed by atoms with Crippen LogP contribution in [-0.4, -0.2) is 11.2 Å². The molecule has 0 bridgehead atoms. The average molecular weight is 199 g/mol. The van der Waals surface area contributed by atoms with Crippen LogP contribution in [0.5, 0.6) is 0 Å². The third-order valence-electron chi connectivity index (χ3n) is 1.99. The molecule has 1 aromatic carbocycles. The highest BCUT2D eigenvalue weighted by Crippen LogP contribution is 2.25. The highest BCUT2D eigenvalue weighted by molar-refractivity contribution is 6.20. The van der Waals surface area contributed by atoms with Crippen LogP contribution < -0.4 is 0 Å². The van der Waals surface area contributed by atoms with E-state index in [4.69, 9.17) is 16.7 Å². The second kappa shape index (κ2) is 4.64. The van der Waals surface area contributed by atoms with Crippen LogP contribution in [0.4, 0.5) is 0 Å². The molecule has 1 N–H and O–H groups in total. The number of aryl methyl sites for hydroxylation is 1. The van der Waals surface area contributed by atoms with Crippen molar-refractivity contribution in [3.05, 3.63) is 35.4 Å². The highest BCUT2D eigenvalue weighted by Gasteiger charge is 2.09. The molecular weight excluding hydrogens is 184 g/mol. The monoisotopic (exact) mass is 198 g/mol. The minimum absolute atomic E-state index is 0.0828. The van der Waals surface area contributed by atoms with Gasteiger partial charge in [0.1, 0.15) is 0 Å². The fraction of sp³-hybridized carbons (Fsp3) is 0.455. The minimum Gasteiger partial charge on any atom is -0.393 e. The van der Waals surface area contributed by atoms with E-state index in [2.05, 4.69) is 0 Å². The lowest BCUT2D eigenvalue weighted by molar-refractivity contribution is 0.183. The lowest BCUT2D eigenvalue weighted by atomic mass is 10.1. The highest BCUT2D eigenvalue weighted by atomic mass is 35.5. The van der Waals surface area contributed by atoms with Gasteiger partial charge in [-0.3, -0.25) is 0 Å². The van der Waals surface area contributed by atoms with Gasteiger partial charge in [-0.2, -0.15) is 0 Å². The second-order valence-electron chi connectivity index (χ2n) is 3.46. The molecule has 0 saturated heterocycles. The van der Waals surface area contributed by atoms with Crippen LogP contribution in [0.15, 0.2) is 24.3 Å². The molecule has 13 heavy (non-hydrogen) atoms. The second-order valence-corrected chi connectivity index (χ2v) is 3.99. The van der Waals surface area contributed by atoms with Crippen molar-refractivity contribution < 1.29 is 5.11 Å². The smallest absolute Gasteiger partial charge is 0.0609 e. The normalized spacial score (nSPS) is 15.4. The van der Waals surface area contributed by atoms with Crippen molar-refractivity contribution >= 4 is 11.6 Å². The summed E-state index contributed by atoms with van der Waals surface area (Å²) in [4.78, 5) is 0. The molecule has 0 aliphatic heterocycles. The summed E-state index contributed by atoms with van der Waals surface area (Å²) < 4.78 is 0. The van der Waals surface area contributed by atoms with Crippen LogP contribution in [0.2, 0.25) is 0 Å². The molecule has 0 spiro atoms. The summed E-state index contributed by atoms with van der Waals surface area (Å²) >= 11 is 6.09. The molecule has 2 atom stereocenters. The van der Waals surface area contributed by atoms with Crippen molar-refractivity contribution in [3.63, 3.8) is 0 Å². The van der Waals surface area contributed by atoms with E-state index >= 15 is 0 Å². The van der Waals surface area contributed by atoms with Crippen molar-refractivity contribution in [1.29, 1.82) is 0 Å². The van der Waals surface area contributed by atoms with Crippen molar-refractivity contribution in [2.75, 3.05) is 0 Å². The van der Waals surface area contributed by atoms with Crippen LogP contribution in [0.1, 0.15) is 29.8 Å². The Bertz CT molecular complexity index is 253. The third-order valence-corrected chi connectivity index (χ3v) is 2.42. The SMILES string of the molecule is Cc1ccc(C(Cl)CC(C)O)cc1. The minimum atomic E-state index is -0.344. The molecule has 2 unspecified atom stereocenters. The fourth-order valence-electron chi connectivity index (χ4n) is 1.21. The summed E-state index contributed by atoms with van der Waals surface area (Å²) in [6.45, 7) is 3.80. The predicted molar refractivity (Wildman–Crippen MR) is 56.1 cm³/mol. The average Bonchev–Trinajstić information content (AvgIpc) is 2.04. The molecule has 0 saturated carbocycles. The number of benzene rings is 1. The standard InChI is InChI=1S/C11H15ClO/c1-8-3-5-10(6-4-8)11(12)7-9(2)13/h3-6,9,11,13H,7H2,1-2H3. The topological polar surface area (TPSA) is 20.2 Å². The molecule has 0 amide bonds. The van der Waals surface area contributed by atoms with Crippen LogP contribution in [0.25, 0.3) is 0 Å². The van der Waals surface area contributed by atoms with Crippen LogP contribution in [0, 0.1) is 6.92 Å². The summed E-state index contributed by atoms with van der Waals surface area (Å²) in [6, 6.07) is 8.09. The van der Waals surface area contributed by atoms with Crippen LogP contribution >= 0.6 is 11.6 Å². The van der Waals surface area contributed by atoms with E-state index in [9.17, 15) is 0 Å². The molecule has 0 fully saturated rings. The Hall–Kier alpha value is -0.530. The van der Waals surface area contributed by atoms with Gasteiger partial charge in [0.05, 0.1) is 11.5 Å². The van der Waals surface area contributed by atoms with E-state index in [0.29, 0.717) is 6.42 Å². The maximum atomic E-state index is 9.15. The van der Waals surface area contributed by atoms with Gasteiger partial charge in [-0.25, -0.2) is 0 Å². The largest absolute Gasteiger partial charge is 0.393 e. The number of halogens is 1. The van der Waals surface area contributed by atoms with Gasteiger partial charge in [0.25, 0.3) is 0 Å². The first-order valence-electron chi connectivity index (χ1n) is 4.48. The molecule has 1 aromatic rings. The molecule has 2 heteroatoms. The molecule has 0 aliphatic carbocycles. The molecule has 1 rings (SSSR count). The van der Waals surface area contributed by atoms with Crippen molar-refractivity contribution in [3.8, 4) is 0 Å². The third kappa shape index (κ3) is 3.37. The Morgan fingerprint density at radius 2 is 1.85 bits per heavy atom. The van der Waals surface area contributed by atoms with Crippen molar-refractivity contribution in [2.24, 2.45) is 0 Å². The van der Waals surface area contributed by atoms with Crippen molar-refractivity contribution in [2.45, 2.75) is 31.7 Å². The van der Waals surface area contributed by atoms with Gasteiger partial charge in [0, 0.05) is 0 Å². The summed E-state index contributed by atoms with van der Waals surface area (Å²) in [7, 11) is 0. The quantitative estimate of drug-likeness (QED) is 0.741. The first-order valence-corrected chi connectivity index (χ1v) is 4.92. The van der Waals surface area contributed by atoms with Gasteiger partial charge in [-0.15, -0.1) is 11.6 Å². The first kappa shape index (κ1) is 10.6. The van der Waals surface area contributed by atoms with E-state index in [1.807, 2.05) is 31.2 Å². The Morgan fingerprint density at radius 3 is 2.31 bits per heavy atom. The Balaban J connectivity index is 2.66. The lowest BCUT2D eigenvalue weighted by Crippen LogP contribution is -2.04. The predicted octanol–water partition coefficient (Wildman–Crippen LogP) is 3.05. The van der Waals surface area contributed by atoms with Gasteiger partial charge >= 0.3 is 0 Å².